The zero-order valence-corrected chi connectivity index (χ0v) is 7.21. The molecule has 0 aliphatic heterocycles. The molecule has 1 N–H and O–H groups in total. The van der Waals surface area contributed by atoms with Gasteiger partial charge in [-0.15, -0.1) is 0 Å². The average molecular weight is 158 g/mol. The highest BCUT2D eigenvalue weighted by Crippen LogP contribution is 2.04. The fourth-order valence-electron chi connectivity index (χ4n) is 0.956. The monoisotopic (exact) mass is 158 g/mol. The minimum atomic E-state index is -1.03. The van der Waals surface area contributed by atoms with Crippen molar-refractivity contribution in [2.45, 2.75) is 45.6 Å². The maximum absolute atomic E-state index is 10.2. The van der Waals surface area contributed by atoms with Crippen LogP contribution in [0.5, 0.6) is 0 Å². The van der Waals surface area contributed by atoms with Gasteiger partial charge in [0, 0.05) is 0 Å². The third kappa shape index (κ3) is 5.70. The van der Waals surface area contributed by atoms with Gasteiger partial charge in [-0.25, -0.2) is 10.1 Å². The Morgan fingerprint density at radius 3 is 2.55 bits per heavy atom. The number of carbonyl (C=O) groups is 1. The summed E-state index contributed by atoms with van der Waals surface area (Å²) >= 11 is 0. The van der Waals surface area contributed by atoms with Crippen molar-refractivity contribution >= 4 is 6.09 Å². The first-order valence-electron chi connectivity index (χ1n) is 4.14. The molecule has 0 aromatic rings. The Labute approximate surface area is 67.8 Å². The molecular formula is C8H16NO2. The minimum Gasteiger partial charge on any atom is -0.464 e. The molecule has 0 aliphatic carbocycles. The third-order valence-electron chi connectivity index (χ3n) is 1.66. The summed E-state index contributed by atoms with van der Waals surface area (Å²) in [7, 11) is 0. The molecule has 0 rings (SSSR count). The van der Waals surface area contributed by atoms with E-state index in [0.717, 1.165) is 25.7 Å². The van der Waals surface area contributed by atoms with Crippen LogP contribution in [0, 0.1) is 0 Å². The van der Waals surface area contributed by atoms with Crippen LogP contribution in [0.2, 0.25) is 0 Å². The van der Waals surface area contributed by atoms with Gasteiger partial charge in [0.25, 0.3) is 0 Å². The summed E-state index contributed by atoms with van der Waals surface area (Å²) in [5.74, 6) is 0. The van der Waals surface area contributed by atoms with Gasteiger partial charge in [-0.05, 0) is 12.8 Å². The van der Waals surface area contributed by atoms with Gasteiger partial charge in [-0.3, -0.25) is 0 Å². The second-order valence-electron chi connectivity index (χ2n) is 2.62. The predicted octanol–water partition coefficient (Wildman–Crippen LogP) is 2.24. The van der Waals surface area contributed by atoms with E-state index in [0.29, 0.717) is 0 Å². The Kier molecular flexibility index (Phi) is 5.61. The fourth-order valence-corrected chi connectivity index (χ4v) is 0.956. The lowest BCUT2D eigenvalue weighted by molar-refractivity contribution is 0.187. The van der Waals surface area contributed by atoms with E-state index in [2.05, 4.69) is 12.2 Å². The molecule has 0 fully saturated rings. The van der Waals surface area contributed by atoms with Crippen molar-refractivity contribution in [2.75, 3.05) is 0 Å². The van der Waals surface area contributed by atoms with Gasteiger partial charge in [0.2, 0.25) is 0 Å². The van der Waals surface area contributed by atoms with E-state index < -0.39 is 6.09 Å². The van der Waals surface area contributed by atoms with Gasteiger partial charge < -0.3 is 5.11 Å². The predicted molar refractivity (Wildman–Crippen MR) is 43.8 cm³/mol. The molecule has 65 valence electrons. The summed E-state index contributed by atoms with van der Waals surface area (Å²) in [5.41, 5.74) is 0. The summed E-state index contributed by atoms with van der Waals surface area (Å²) in [6.45, 7) is 4.06. The van der Waals surface area contributed by atoms with Crippen LogP contribution in [0.25, 0.3) is 0 Å². The van der Waals surface area contributed by atoms with Crippen molar-refractivity contribution in [3.63, 3.8) is 0 Å². The number of nitrogens with zero attached hydrogens (tertiary/aromatic N) is 1. The molecular weight excluding hydrogens is 142 g/mol. The summed E-state index contributed by atoms with van der Waals surface area (Å²) in [6, 6.07) is 0.0208. The highest BCUT2D eigenvalue weighted by Gasteiger charge is 2.09. The number of hydrogen-bond acceptors (Lipinski definition) is 1. The van der Waals surface area contributed by atoms with E-state index in [9.17, 15) is 4.79 Å². The molecule has 1 radical (unpaired) electrons. The van der Waals surface area contributed by atoms with Crippen LogP contribution in [-0.4, -0.2) is 17.2 Å². The maximum Gasteiger partial charge on any atom is 0.426 e. The molecule has 1 amide bonds. The lowest BCUT2D eigenvalue weighted by Gasteiger charge is -2.10. The Bertz CT molecular complexity index is 115. The molecule has 0 aliphatic rings. The average Bonchev–Trinajstić information content (AvgIpc) is 1.97. The van der Waals surface area contributed by atoms with E-state index in [1.54, 1.807) is 0 Å². The van der Waals surface area contributed by atoms with Gasteiger partial charge in [0.1, 0.15) is 0 Å². The van der Waals surface area contributed by atoms with Crippen molar-refractivity contribution in [3.8, 4) is 0 Å². The zero-order valence-electron chi connectivity index (χ0n) is 7.21. The van der Waals surface area contributed by atoms with E-state index in [4.69, 9.17) is 5.11 Å². The van der Waals surface area contributed by atoms with Crippen molar-refractivity contribution in [1.82, 2.24) is 5.32 Å². The second kappa shape index (κ2) is 6.01. The molecule has 3 nitrogen and oxygen atoms in total. The SMILES string of the molecule is CCCCC(CC)[N]C(=O)O. The van der Waals surface area contributed by atoms with Gasteiger partial charge in [-0.2, -0.15) is 0 Å². The zero-order chi connectivity index (χ0) is 8.69. The summed E-state index contributed by atoms with van der Waals surface area (Å²) in [4.78, 5) is 10.2. The van der Waals surface area contributed by atoms with Gasteiger partial charge in [-0.1, -0.05) is 26.7 Å². The molecule has 1 unspecified atom stereocenters. The smallest absolute Gasteiger partial charge is 0.426 e. The Morgan fingerprint density at radius 1 is 1.55 bits per heavy atom. The molecule has 1 atom stereocenters. The van der Waals surface area contributed by atoms with Crippen molar-refractivity contribution < 1.29 is 9.90 Å². The number of amides is 1. The summed E-state index contributed by atoms with van der Waals surface area (Å²) in [6.07, 6.45) is 2.86. The van der Waals surface area contributed by atoms with Crippen LogP contribution >= 0.6 is 0 Å². The Morgan fingerprint density at radius 2 is 2.18 bits per heavy atom. The van der Waals surface area contributed by atoms with Crippen molar-refractivity contribution in [1.29, 1.82) is 0 Å². The number of carboxylic acid groups (broad SMARTS) is 1. The molecule has 0 heterocycles. The molecule has 0 saturated heterocycles. The van der Waals surface area contributed by atoms with Crippen molar-refractivity contribution in [3.05, 3.63) is 0 Å². The molecule has 0 bridgehead atoms. The normalized spacial score (nSPS) is 12.5. The van der Waals surface area contributed by atoms with E-state index in [1.165, 1.54) is 0 Å². The van der Waals surface area contributed by atoms with E-state index in [-0.39, 0.29) is 6.04 Å². The highest BCUT2D eigenvalue weighted by atomic mass is 16.4. The van der Waals surface area contributed by atoms with Crippen LogP contribution < -0.4 is 5.32 Å². The fraction of sp³-hybridized carbons (Fsp3) is 0.875. The summed E-state index contributed by atoms with van der Waals surface area (Å²) < 4.78 is 0. The molecule has 11 heavy (non-hydrogen) atoms. The minimum absolute atomic E-state index is 0.0208. The number of hydrogen-bond donors (Lipinski definition) is 1. The first kappa shape index (κ1) is 10.3. The van der Waals surface area contributed by atoms with Gasteiger partial charge >= 0.3 is 6.09 Å². The first-order valence-corrected chi connectivity index (χ1v) is 4.14. The van der Waals surface area contributed by atoms with Crippen LogP contribution in [0.3, 0.4) is 0 Å². The lowest BCUT2D eigenvalue weighted by Crippen LogP contribution is -2.25. The van der Waals surface area contributed by atoms with E-state index in [1.807, 2.05) is 6.92 Å². The molecule has 0 saturated carbocycles. The quantitative estimate of drug-likeness (QED) is 0.667. The first-order chi connectivity index (χ1) is 5.20. The van der Waals surface area contributed by atoms with Crippen LogP contribution in [0.1, 0.15) is 39.5 Å². The highest BCUT2D eigenvalue weighted by molar-refractivity contribution is 5.64. The van der Waals surface area contributed by atoms with Crippen LogP contribution in [0.4, 0.5) is 4.79 Å². The Balaban J connectivity index is 3.49. The number of rotatable bonds is 5. The van der Waals surface area contributed by atoms with Gasteiger partial charge in [0.05, 0.1) is 6.04 Å². The molecule has 0 aromatic heterocycles. The molecule has 0 spiro atoms. The summed E-state index contributed by atoms with van der Waals surface area (Å²) in [5, 5.41) is 11.9. The largest absolute Gasteiger partial charge is 0.464 e. The topological polar surface area (TPSA) is 51.4 Å². The lowest BCUT2D eigenvalue weighted by atomic mass is 10.1. The van der Waals surface area contributed by atoms with Crippen LogP contribution in [0.15, 0.2) is 0 Å². The third-order valence-corrected chi connectivity index (χ3v) is 1.66. The maximum atomic E-state index is 10.2. The number of unbranched alkanes of at least 4 members (excludes halogenated alkanes) is 1. The molecule has 0 aromatic carbocycles. The van der Waals surface area contributed by atoms with Gasteiger partial charge in [0.15, 0.2) is 0 Å². The van der Waals surface area contributed by atoms with Crippen LogP contribution in [-0.2, 0) is 0 Å². The molecule has 3 heteroatoms. The standard InChI is InChI=1S/C8H16NO2/c1-3-5-6-7(4-2)9-8(10)11/h7H,3-6H2,1-2H3,(H,10,11). The van der Waals surface area contributed by atoms with E-state index >= 15 is 0 Å². The Hall–Kier alpha value is -0.730. The van der Waals surface area contributed by atoms with Crippen molar-refractivity contribution in [2.24, 2.45) is 0 Å². The second-order valence-corrected chi connectivity index (χ2v) is 2.62.